The molecule has 230 valence electrons. The molecule has 1 aliphatic heterocycles. The van der Waals surface area contributed by atoms with Crippen LogP contribution in [0.25, 0.3) is 0 Å². The first-order valence-electron chi connectivity index (χ1n) is 15.3. The Morgan fingerprint density at radius 3 is 2.25 bits per heavy atom. The molecule has 0 fully saturated rings. The molecule has 6 nitrogen and oxygen atoms in total. The van der Waals surface area contributed by atoms with Crippen LogP contribution in [-0.4, -0.2) is 40.7 Å². The molecule has 1 aromatic heterocycles. The van der Waals surface area contributed by atoms with Crippen LogP contribution in [0, 0.1) is 11.2 Å². The monoisotopic (exact) mass is 594 g/mol. The molecular formula is C37H43FN4O2. The second-order valence-electron chi connectivity index (χ2n) is 12.7. The van der Waals surface area contributed by atoms with Crippen LogP contribution < -0.4 is 10.2 Å². The van der Waals surface area contributed by atoms with Gasteiger partial charge in [-0.15, -0.1) is 0 Å². The van der Waals surface area contributed by atoms with Crippen molar-refractivity contribution >= 4 is 11.7 Å². The third kappa shape index (κ3) is 7.22. The van der Waals surface area contributed by atoms with Crippen molar-refractivity contribution in [2.75, 3.05) is 25.2 Å². The van der Waals surface area contributed by atoms with Crippen LogP contribution in [-0.2, 0) is 19.4 Å². The first-order chi connectivity index (χ1) is 21.1. The van der Waals surface area contributed by atoms with E-state index in [1.54, 1.807) is 18.2 Å². The van der Waals surface area contributed by atoms with E-state index in [0.717, 1.165) is 25.1 Å². The number of nitrogens with zero attached hydrogens (tertiary/aromatic N) is 3. The predicted octanol–water partition coefficient (Wildman–Crippen LogP) is 7.32. The molecule has 0 saturated heterocycles. The number of carbonyl (C=O) groups excluding carboxylic acids is 1. The third-order valence-corrected chi connectivity index (χ3v) is 8.06. The molecule has 4 aromatic rings. The number of anilines is 1. The molecule has 1 unspecified atom stereocenters. The summed E-state index contributed by atoms with van der Waals surface area (Å²) in [5.74, 6) is 0.00240. The van der Waals surface area contributed by atoms with E-state index in [-0.39, 0.29) is 34.6 Å². The summed E-state index contributed by atoms with van der Waals surface area (Å²) in [5.41, 5.74) is 3.96. The van der Waals surface area contributed by atoms with Crippen molar-refractivity contribution in [3.05, 3.63) is 131 Å². The highest BCUT2D eigenvalue weighted by Gasteiger charge is 2.37. The molecule has 44 heavy (non-hydrogen) atoms. The van der Waals surface area contributed by atoms with Crippen molar-refractivity contribution in [2.45, 2.75) is 52.6 Å². The number of rotatable bonds is 11. The molecule has 1 atom stereocenters. The Labute approximate surface area is 260 Å². The van der Waals surface area contributed by atoms with Gasteiger partial charge in [0.2, 0.25) is 0 Å². The van der Waals surface area contributed by atoms with Crippen LogP contribution in [0.5, 0.6) is 5.75 Å². The van der Waals surface area contributed by atoms with Gasteiger partial charge < -0.3 is 19.9 Å². The largest absolute Gasteiger partial charge is 0.505 e. The molecule has 0 spiro atoms. The van der Waals surface area contributed by atoms with Crippen LogP contribution in [0.4, 0.5) is 10.2 Å². The van der Waals surface area contributed by atoms with E-state index < -0.39 is 0 Å². The van der Waals surface area contributed by atoms with E-state index in [1.165, 1.54) is 17.2 Å². The van der Waals surface area contributed by atoms with Gasteiger partial charge in [-0.3, -0.25) is 9.69 Å². The standard InChI is InChI=1S/C37H43FN4O2/c1-37(2,3)33-23-30(22-29-19-11-12-20-31(29)38)42-34(41(33)26-40(4)25-28-16-9-6-10-17-28)24-32(43)35(42)36(44)39-21-13-18-27-14-7-5-8-15-27/h5-12,14-17,19-20,23-24,30,43H,13,18,21-22,25-26H2,1-4H3,(H,39,44). The molecule has 2 N–H and O–H groups in total. The average molecular weight is 595 g/mol. The number of aromatic nitrogens is 1. The molecule has 0 bridgehead atoms. The topological polar surface area (TPSA) is 60.7 Å². The second kappa shape index (κ2) is 13.5. The Hall–Kier alpha value is -4.36. The van der Waals surface area contributed by atoms with Gasteiger partial charge in [-0.05, 0) is 55.1 Å². The Morgan fingerprint density at radius 2 is 1.59 bits per heavy atom. The van der Waals surface area contributed by atoms with Gasteiger partial charge in [-0.2, -0.15) is 0 Å². The Kier molecular flexibility index (Phi) is 9.55. The quantitative estimate of drug-likeness (QED) is 0.179. The molecule has 5 rings (SSSR count). The number of amides is 1. The van der Waals surface area contributed by atoms with Gasteiger partial charge >= 0.3 is 0 Å². The minimum atomic E-state index is -0.377. The van der Waals surface area contributed by atoms with Crippen molar-refractivity contribution in [3.63, 3.8) is 0 Å². The molecule has 3 aromatic carbocycles. The molecule has 0 aliphatic carbocycles. The Morgan fingerprint density at radius 1 is 0.955 bits per heavy atom. The highest BCUT2D eigenvalue weighted by molar-refractivity contribution is 5.97. The zero-order chi connectivity index (χ0) is 31.3. The van der Waals surface area contributed by atoms with Crippen molar-refractivity contribution in [1.82, 2.24) is 14.8 Å². The van der Waals surface area contributed by atoms with Crippen molar-refractivity contribution in [3.8, 4) is 5.75 Å². The summed E-state index contributed by atoms with van der Waals surface area (Å²) in [7, 11) is 2.06. The number of benzene rings is 3. The van der Waals surface area contributed by atoms with Gasteiger partial charge in [0.1, 0.15) is 17.4 Å². The summed E-state index contributed by atoms with van der Waals surface area (Å²) in [4.78, 5) is 18.1. The average Bonchev–Trinajstić information content (AvgIpc) is 3.35. The van der Waals surface area contributed by atoms with Crippen LogP contribution >= 0.6 is 0 Å². The zero-order valence-electron chi connectivity index (χ0n) is 26.1. The summed E-state index contributed by atoms with van der Waals surface area (Å²) in [6.07, 6.45) is 4.10. The second-order valence-corrected chi connectivity index (χ2v) is 12.7. The first kappa shape index (κ1) is 31.1. The van der Waals surface area contributed by atoms with Gasteiger partial charge in [0, 0.05) is 30.3 Å². The summed E-state index contributed by atoms with van der Waals surface area (Å²) in [6, 6.07) is 28.5. The number of carbonyl (C=O) groups is 1. The zero-order valence-corrected chi connectivity index (χ0v) is 26.1. The summed E-state index contributed by atoms with van der Waals surface area (Å²) in [5, 5.41) is 14.3. The minimum Gasteiger partial charge on any atom is -0.505 e. The fraction of sp³-hybridized carbons (Fsp3) is 0.324. The van der Waals surface area contributed by atoms with Gasteiger partial charge in [-0.25, -0.2) is 4.39 Å². The van der Waals surface area contributed by atoms with Crippen molar-refractivity contribution in [1.29, 1.82) is 0 Å². The van der Waals surface area contributed by atoms with Gasteiger partial charge in [0.05, 0.1) is 12.7 Å². The third-order valence-electron chi connectivity index (χ3n) is 8.06. The highest BCUT2D eigenvalue weighted by Crippen LogP contribution is 2.44. The van der Waals surface area contributed by atoms with E-state index in [1.807, 2.05) is 47.0 Å². The molecule has 0 radical (unpaired) electrons. The normalized spacial score (nSPS) is 14.8. The Balaban J connectivity index is 1.48. The highest BCUT2D eigenvalue weighted by atomic mass is 19.1. The molecule has 7 heteroatoms. The molecule has 2 heterocycles. The maximum atomic E-state index is 14.9. The molecule has 0 saturated carbocycles. The fourth-order valence-corrected chi connectivity index (χ4v) is 5.99. The smallest absolute Gasteiger partial charge is 0.271 e. The van der Waals surface area contributed by atoms with Crippen molar-refractivity contribution in [2.24, 2.45) is 5.41 Å². The van der Waals surface area contributed by atoms with Crippen molar-refractivity contribution < 1.29 is 14.3 Å². The van der Waals surface area contributed by atoms with Crippen LogP contribution in [0.15, 0.2) is 103 Å². The number of nitrogens with one attached hydrogen (secondary N) is 1. The number of allylic oxidation sites excluding steroid dienone is 2. The maximum absolute atomic E-state index is 14.9. The maximum Gasteiger partial charge on any atom is 0.271 e. The van der Waals surface area contributed by atoms with E-state index in [2.05, 4.69) is 73.3 Å². The molecule has 1 amide bonds. The van der Waals surface area contributed by atoms with Crippen LogP contribution in [0.3, 0.4) is 0 Å². The predicted molar refractivity (Wildman–Crippen MR) is 175 cm³/mol. The summed E-state index contributed by atoms with van der Waals surface area (Å²) in [6.45, 7) is 8.20. The SMILES string of the molecule is CN(Cc1ccccc1)CN1C(C(C)(C)C)=CC(Cc2ccccc2F)n2c1cc(O)c2C(=O)NCCCc1ccccc1. The Bertz CT molecular complexity index is 1590. The van der Waals surface area contributed by atoms with E-state index in [0.29, 0.717) is 31.0 Å². The van der Waals surface area contributed by atoms with E-state index >= 15 is 0 Å². The molecule has 1 aliphatic rings. The summed E-state index contributed by atoms with van der Waals surface area (Å²) >= 11 is 0. The van der Waals surface area contributed by atoms with Crippen LogP contribution in [0.2, 0.25) is 0 Å². The summed E-state index contributed by atoms with van der Waals surface area (Å²) < 4.78 is 16.8. The van der Waals surface area contributed by atoms with Gasteiger partial charge in [0.25, 0.3) is 5.91 Å². The number of halogens is 1. The number of aromatic hydroxyl groups is 1. The van der Waals surface area contributed by atoms with E-state index in [4.69, 9.17) is 0 Å². The fourth-order valence-electron chi connectivity index (χ4n) is 5.99. The number of aryl methyl sites for hydroxylation is 1. The van der Waals surface area contributed by atoms with Crippen LogP contribution in [0.1, 0.15) is 60.4 Å². The lowest BCUT2D eigenvalue weighted by Gasteiger charge is -2.43. The van der Waals surface area contributed by atoms with Gasteiger partial charge in [-0.1, -0.05) is 99.6 Å². The number of hydrogen-bond donors (Lipinski definition) is 2. The van der Waals surface area contributed by atoms with Gasteiger partial charge in [0.15, 0.2) is 5.69 Å². The lowest BCUT2D eigenvalue weighted by Crippen LogP contribution is -2.43. The molecular weight excluding hydrogens is 551 g/mol. The lowest BCUT2D eigenvalue weighted by atomic mass is 9.87. The number of fused-ring (bicyclic) bond motifs is 1. The number of hydrogen-bond acceptors (Lipinski definition) is 4. The minimum absolute atomic E-state index is 0.0848. The van der Waals surface area contributed by atoms with E-state index in [9.17, 15) is 14.3 Å². The first-order valence-corrected chi connectivity index (χ1v) is 15.3. The lowest BCUT2D eigenvalue weighted by molar-refractivity contribution is 0.0939.